The summed E-state index contributed by atoms with van der Waals surface area (Å²) >= 11 is 5.36. The normalized spacial score (nSPS) is 17.8. The molecule has 3 saturated carbocycles. The van der Waals surface area contributed by atoms with Gasteiger partial charge in [0.15, 0.2) is 18.6 Å². The SMILES string of the molecule is [2H]C([2H])([2H])c1ccc(-c2c3sc4cc5ccc(C6([2H])CCCCC6)cc5cc4c3c(C([2H])([2H])[2H])c[n+]2C)c(C)c1.[2H]C1(c2ccc3cc4sc5c(-c6ccccc6C)[n+](C)ccc5c4cc3c2)CCCC1.[2H]C1(c2ccc3cc4sc5c(-c6ccccc6C)[n+](C)ccc5c4cc3c2)CCCCC1. The number of aryl methyl sites for hydroxylation is 8. The van der Waals surface area contributed by atoms with Crippen LogP contribution in [0, 0.1) is 34.5 Å². The first-order valence-electron chi connectivity index (χ1n) is 38.5. The number of fused-ring (bicyclic) bond motifs is 12. The summed E-state index contributed by atoms with van der Waals surface area (Å²) in [4.78, 5) is 0. The largest absolute Gasteiger partial charge is 0.230 e. The van der Waals surface area contributed by atoms with E-state index in [9.17, 15) is 0 Å². The van der Waals surface area contributed by atoms with Crippen molar-refractivity contribution in [3.8, 4) is 33.8 Å². The molecule has 18 rings (SSSR count). The van der Waals surface area contributed by atoms with Gasteiger partial charge in [-0.05, 0) is 211 Å². The summed E-state index contributed by atoms with van der Waals surface area (Å²) < 4.78 is 89.3. The fraction of sp³-hybridized carbons (Fsp3) is 0.284. The molecule has 0 spiro atoms. The molecule has 0 unspecified atom stereocenters. The summed E-state index contributed by atoms with van der Waals surface area (Å²) in [5.74, 6) is -1.38. The molecule has 0 amide bonds. The summed E-state index contributed by atoms with van der Waals surface area (Å²) in [6.45, 7) is 1.78. The lowest BCUT2D eigenvalue weighted by Gasteiger charge is -2.22. The highest BCUT2D eigenvalue weighted by atomic mass is 32.1. The molecule has 0 bridgehead atoms. The van der Waals surface area contributed by atoms with Crippen LogP contribution in [0.5, 0.6) is 0 Å². The predicted molar refractivity (Wildman–Crippen MR) is 407 cm³/mol. The smallest absolute Gasteiger partial charge is 0.200 e. The van der Waals surface area contributed by atoms with Crippen LogP contribution in [0.4, 0.5) is 0 Å². The van der Waals surface area contributed by atoms with Gasteiger partial charge in [0, 0.05) is 76.5 Å². The molecule has 0 N–H and O–H groups in total. The minimum absolute atomic E-state index is 0.287. The van der Waals surface area contributed by atoms with Gasteiger partial charge in [0.25, 0.3) is 0 Å². The van der Waals surface area contributed by atoms with Crippen molar-refractivity contribution >= 4 is 127 Å². The molecule has 6 aromatic heterocycles. The molecule has 0 atom stereocenters. The first kappa shape index (κ1) is 51.2. The Morgan fingerprint density at radius 2 is 0.766 bits per heavy atom. The lowest BCUT2D eigenvalue weighted by Crippen LogP contribution is -2.31. The second-order valence-corrected chi connectivity index (χ2v) is 30.2. The molecular formula is C88H86N3S3+3. The quantitative estimate of drug-likeness (QED) is 0.147. The molecular weight excluding hydrogens is 1200 g/mol. The van der Waals surface area contributed by atoms with Crippen LogP contribution < -0.4 is 13.7 Å². The minimum atomic E-state index is -2.31. The van der Waals surface area contributed by atoms with Crippen LogP contribution in [0.2, 0.25) is 0 Å². The van der Waals surface area contributed by atoms with Crippen LogP contribution in [0.25, 0.3) is 127 Å². The molecule has 0 aliphatic heterocycles. The van der Waals surface area contributed by atoms with E-state index in [1.54, 1.807) is 29.7 Å². The van der Waals surface area contributed by atoms with Crippen molar-refractivity contribution in [2.24, 2.45) is 21.1 Å². The van der Waals surface area contributed by atoms with Crippen molar-refractivity contribution in [1.29, 1.82) is 0 Å². The second-order valence-electron chi connectivity index (χ2n) is 27.1. The van der Waals surface area contributed by atoms with Gasteiger partial charge >= 0.3 is 0 Å². The second kappa shape index (κ2) is 25.2. The third kappa shape index (κ3) is 11.2. The molecule has 468 valence electrons. The molecule has 9 aromatic carbocycles. The molecule has 3 nitrogen and oxygen atoms in total. The van der Waals surface area contributed by atoms with Crippen molar-refractivity contribution < 1.29 is 26.0 Å². The fourth-order valence-corrected chi connectivity index (χ4v) is 19.8. The maximum Gasteiger partial charge on any atom is 0.230 e. The third-order valence-corrected chi connectivity index (χ3v) is 24.4. The maximum absolute atomic E-state index is 9.13. The van der Waals surface area contributed by atoms with Gasteiger partial charge < -0.3 is 0 Å². The Hall–Kier alpha value is -8.13. The van der Waals surface area contributed by atoms with E-state index in [0.29, 0.717) is 5.56 Å². The highest BCUT2D eigenvalue weighted by Gasteiger charge is 2.27. The zero-order valence-electron chi connectivity index (χ0n) is 63.9. The monoisotopic (exact) mass is 1290 g/mol. The highest BCUT2D eigenvalue weighted by Crippen LogP contribution is 2.47. The summed E-state index contributed by atoms with van der Waals surface area (Å²) in [6, 6.07) is 60.4. The number of nitrogens with zero attached hydrogens (tertiary/aromatic N) is 3. The van der Waals surface area contributed by atoms with Crippen molar-refractivity contribution in [3.63, 3.8) is 0 Å². The molecule has 6 heteroatoms. The summed E-state index contributed by atoms with van der Waals surface area (Å²) in [6.07, 6.45) is 21.1. The first-order valence-corrected chi connectivity index (χ1v) is 36.4. The molecule has 94 heavy (non-hydrogen) atoms. The zero-order valence-corrected chi connectivity index (χ0v) is 57.3. The average Bonchev–Trinajstić information content (AvgIpc) is 1.60. The van der Waals surface area contributed by atoms with E-state index >= 15 is 0 Å². The molecule has 0 radical (unpaired) electrons. The Morgan fingerprint density at radius 3 is 1.21 bits per heavy atom. The number of rotatable bonds is 6. The minimum Gasteiger partial charge on any atom is -0.200 e. The van der Waals surface area contributed by atoms with Gasteiger partial charge in [-0.3, -0.25) is 0 Å². The molecule has 6 heterocycles. The van der Waals surface area contributed by atoms with E-state index in [-0.39, 0.29) is 5.56 Å². The maximum atomic E-state index is 9.13. The summed E-state index contributed by atoms with van der Waals surface area (Å²) in [5.41, 5.74) is 14.4. The lowest BCUT2D eigenvalue weighted by molar-refractivity contribution is -0.659. The van der Waals surface area contributed by atoms with Gasteiger partial charge in [0.2, 0.25) is 17.1 Å². The van der Waals surface area contributed by atoms with Gasteiger partial charge in [-0.1, -0.05) is 160 Å². The Kier molecular flexibility index (Phi) is 13.7. The van der Waals surface area contributed by atoms with Gasteiger partial charge in [-0.25, -0.2) is 0 Å². The van der Waals surface area contributed by atoms with Gasteiger partial charge in [0.05, 0.1) is 16.7 Å². The summed E-state index contributed by atoms with van der Waals surface area (Å²) in [5, 5.41) is 14.1. The number of hydrogen-bond donors (Lipinski definition) is 0. The Labute approximate surface area is 579 Å². The van der Waals surface area contributed by atoms with Crippen molar-refractivity contribution in [2.75, 3.05) is 0 Å². The first-order chi connectivity index (χ1) is 49.3. The Balaban J connectivity index is 0.000000120. The number of thiophene rings is 3. The predicted octanol–water partition coefficient (Wildman–Crippen LogP) is 24.4. The van der Waals surface area contributed by atoms with Crippen molar-refractivity contribution in [3.05, 3.63) is 233 Å². The van der Waals surface area contributed by atoms with Crippen LogP contribution in [-0.2, 0) is 21.1 Å². The van der Waals surface area contributed by atoms with E-state index in [2.05, 4.69) is 201 Å². The Morgan fingerprint density at radius 1 is 0.351 bits per heavy atom. The molecule has 0 saturated heterocycles. The van der Waals surface area contributed by atoms with E-state index in [1.807, 2.05) is 47.3 Å². The zero-order chi connectivity index (χ0) is 71.6. The van der Waals surface area contributed by atoms with Gasteiger partial charge in [-0.2, -0.15) is 13.7 Å². The van der Waals surface area contributed by atoms with Crippen molar-refractivity contribution in [1.82, 2.24) is 0 Å². The number of benzene rings is 9. The third-order valence-electron chi connectivity index (χ3n) is 20.9. The van der Waals surface area contributed by atoms with E-state index in [1.165, 1.54) is 145 Å². The fourth-order valence-electron chi connectivity index (χ4n) is 15.8. The van der Waals surface area contributed by atoms with Gasteiger partial charge in [0.1, 0.15) is 35.2 Å². The molecule has 3 aliphatic carbocycles. The van der Waals surface area contributed by atoms with Crippen LogP contribution in [0.15, 0.2) is 188 Å². The van der Waals surface area contributed by atoms with Crippen LogP contribution >= 0.6 is 34.0 Å². The van der Waals surface area contributed by atoms with E-state index in [4.69, 9.17) is 12.3 Å². The Bertz CT molecular complexity index is 5900. The topological polar surface area (TPSA) is 11.6 Å². The van der Waals surface area contributed by atoms with E-state index < -0.39 is 31.4 Å². The molecule has 15 aromatic rings. The number of hydrogen-bond acceptors (Lipinski definition) is 3. The number of aromatic nitrogens is 3. The molecule has 3 fully saturated rings. The van der Waals surface area contributed by atoms with Crippen molar-refractivity contribution in [2.45, 2.75) is 142 Å². The number of pyridine rings is 3. The van der Waals surface area contributed by atoms with E-state index in [0.717, 1.165) is 105 Å². The average molecular weight is 1290 g/mol. The standard InChI is InChI=1S/C31H32NS.C29H28NS.C28H26NS/c1-19-10-13-26(20(2)14-19)30-31-29(21(3)18-32(30)4)27-16-25-15-23(22-8-6-5-7-9-22)11-12-24(25)17-28(27)33-31;1-19-8-6-7-11-24(19)28-29-25(14-15-30(28)2)26-17-23-16-21(20-9-4-3-5-10-20)12-13-22(23)18-27(26)31-29;1-18-7-3-6-10-23(18)27-28-24(13-14-29(27)2)25-16-22-15-20(19-8-4-5-9-19)11-12-21(22)17-26(25)30-28/h10-18,22H,5-9H2,1-4H3;6-8,11-18,20H,3-5,9-10H2,1-2H3;3,6-7,10-17,19H,4-5,8-9H2,1-2H3/q3*+1/i1D3,3D3,22D;20D;19D. The van der Waals surface area contributed by atoms with Crippen LogP contribution in [0.3, 0.4) is 0 Å². The lowest BCUT2D eigenvalue weighted by atomic mass is 9.83. The van der Waals surface area contributed by atoms with Gasteiger partial charge in [-0.15, -0.1) is 34.0 Å². The van der Waals surface area contributed by atoms with Crippen LogP contribution in [0.1, 0.15) is 164 Å². The highest BCUT2D eigenvalue weighted by molar-refractivity contribution is 7.27. The summed E-state index contributed by atoms with van der Waals surface area (Å²) in [7, 11) is 6.14. The van der Waals surface area contributed by atoms with Crippen LogP contribution in [-0.4, -0.2) is 0 Å². The molecule has 3 aliphatic rings.